The molecule has 0 aliphatic rings. The molecule has 1 unspecified atom stereocenters. The van der Waals surface area contributed by atoms with Crippen molar-refractivity contribution in [2.75, 3.05) is 26.5 Å². The van der Waals surface area contributed by atoms with Crippen LogP contribution >= 0.6 is 11.3 Å². The molecule has 0 aromatic carbocycles. The molecule has 19 heavy (non-hydrogen) atoms. The number of carbonyl (C=O) groups is 2. The zero-order valence-electron chi connectivity index (χ0n) is 11.6. The normalized spacial score (nSPS) is 11.8. The monoisotopic (exact) mass is 285 g/mol. The number of nitrogens with one attached hydrogen (secondary N) is 1. The molecular formula is C12H19N3O3S. The van der Waals surface area contributed by atoms with Crippen LogP contribution in [0.4, 0.5) is 5.13 Å². The van der Waals surface area contributed by atoms with Crippen LogP contribution in [0.5, 0.6) is 0 Å². The summed E-state index contributed by atoms with van der Waals surface area (Å²) >= 11 is 1.42. The van der Waals surface area contributed by atoms with Crippen molar-refractivity contribution in [3.05, 3.63) is 11.1 Å². The summed E-state index contributed by atoms with van der Waals surface area (Å²) in [6, 6.07) is -0.324. The number of rotatable bonds is 6. The molecule has 0 spiro atoms. The van der Waals surface area contributed by atoms with Crippen LogP contribution in [0.2, 0.25) is 0 Å². The molecule has 0 saturated carbocycles. The molecular weight excluding hydrogens is 266 g/mol. The topological polar surface area (TPSA) is 71.5 Å². The molecule has 6 nitrogen and oxygen atoms in total. The van der Waals surface area contributed by atoms with E-state index in [4.69, 9.17) is 0 Å². The zero-order valence-corrected chi connectivity index (χ0v) is 12.4. The van der Waals surface area contributed by atoms with Crippen molar-refractivity contribution in [2.24, 2.45) is 0 Å². The van der Waals surface area contributed by atoms with Crippen LogP contribution in [-0.2, 0) is 20.7 Å². The zero-order chi connectivity index (χ0) is 14.4. The van der Waals surface area contributed by atoms with Crippen LogP contribution in [-0.4, -0.2) is 49.0 Å². The third-order valence-electron chi connectivity index (χ3n) is 2.52. The van der Waals surface area contributed by atoms with Gasteiger partial charge in [0.2, 0.25) is 5.91 Å². The molecule has 0 fully saturated rings. The number of aryl methyl sites for hydroxylation is 1. The molecule has 0 aliphatic carbocycles. The smallest absolute Gasteiger partial charge is 0.305 e. The van der Waals surface area contributed by atoms with Crippen molar-refractivity contribution in [3.8, 4) is 0 Å². The number of ether oxygens (including phenoxy) is 1. The quantitative estimate of drug-likeness (QED) is 0.794. The highest BCUT2D eigenvalue weighted by Gasteiger charge is 2.16. The number of thiazole rings is 1. The van der Waals surface area contributed by atoms with Gasteiger partial charge in [-0.25, -0.2) is 4.98 Å². The van der Waals surface area contributed by atoms with E-state index >= 15 is 0 Å². The number of hydrogen-bond acceptors (Lipinski definition) is 6. The summed E-state index contributed by atoms with van der Waals surface area (Å²) in [5.41, 5.74) is 0.822. The van der Waals surface area contributed by atoms with E-state index in [-0.39, 0.29) is 17.9 Å². The van der Waals surface area contributed by atoms with Gasteiger partial charge in [0.15, 0.2) is 5.13 Å². The number of esters is 1. The van der Waals surface area contributed by atoms with Gasteiger partial charge in [-0.3, -0.25) is 9.59 Å². The predicted molar refractivity (Wildman–Crippen MR) is 74.2 cm³/mol. The fourth-order valence-electron chi connectivity index (χ4n) is 1.45. The minimum atomic E-state index is -0.324. The molecule has 1 N–H and O–H groups in total. The molecule has 1 aromatic rings. The Morgan fingerprint density at radius 3 is 2.79 bits per heavy atom. The first-order valence-electron chi connectivity index (χ1n) is 5.93. The first kappa shape index (κ1) is 15.4. The third kappa shape index (κ3) is 4.86. The first-order valence-corrected chi connectivity index (χ1v) is 6.81. The molecule has 1 atom stereocenters. The maximum Gasteiger partial charge on any atom is 0.305 e. The number of carbonyl (C=O) groups excluding carboxylic acids is 2. The second kappa shape index (κ2) is 7.08. The fraction of sp³-hybridized carbons (Fsp3) is 0.583. The lowest BCUT2D eigenvalue weighted by Crippen LogP contribution is -2.36. The van der Waals surface area contributed by atoms with E-state index in [1.807, 2.05) is 5.38 Å². The van der Waals surface area contributed by atoms with E-state index in [0.717, 1.165) is 5.69 Å². The van der Waals surface area contributed by atoms with Gasteiger partial charge in [-0.1, -0.05) is 0 Å². The average molecular weight is 285 g/mol. The SMILES string of the molecule is COC(=O)CCc1csc(NC(C)C(=O)N(C)C)n1. The van der Waals surface area contributed by atoms with Gasteiger partial charge in [-0.2, -0.15) is 0 Å². The van der Waals surface area contributed by atoms with Gasteiger partial charge in [0.1, 0.15) is 6.04 Å². The van der Waals surface area contributed by atoms with E-state index in [1.54, 1.807) is 21.0 Å². The van der Waals surface area contributed by atoms with Crippen molar-refractivity contribution in [1.29, 1.82) is 0 Å². The summed E-state index contributed by atoms with van der Waals surface area (Å²) in [7, 11) is 4.79. The van der Waals surface area contributed by atoms with E-state index in [9.17, 15) is 9.59 Å². The fourth-order valence-corrected chi connectivity index (χ4v) is 2.29. The van der Waals surface area contributed by atoms with Gasteiger partial charge in [0, 0.05) is 25.9 Å². The molecule has 1 rings (SSSR count). The molecule has 0 radical (unpaired) electrons. The van der Waals surface area contributed by atoms with E-state index in [1.165, 1.54) is 23.3 Å². The Hall–Kier alpha value is -1.63. The number of aromatic nitrogens is 1. The average Bonchev–Trinajstić information content (AvgIpc) is 2.82. The van der Waals surface area contributed by atoms with Crippen LogP contribution in [0.1, 0.15) is 19.0 Å². The molecule has 0 bridgehead atoms. The van der Waals surface area contributed by atoms with Crippen LogP contribution < -0.4 is 5.32 Å². The lowest BCUT2D eigenvalue weighted by atomic mass is 10.2. The Labute approximate surface area is 116 Å². The minimum absolute atomic E-state index is 0.00805. The van der Waals surface area contributed by atoms with Crippen molar-refractivity contribution >= 4 is 28.3 Å². The summed E-state index contributed by atoms with van der Waals surface area (Å²) < 4.78 is 4.57. The summed E-state index contributed by atoms with van der Waals surface area (Å²) in [4.78, 5) is 28.6. The summed E-state index contributed by atoms with van der Waals surface area (Å²) in [6.45, 7) is 1.79. The number of hydrogen-bond donors (Lipinski definition) is 1. The summed E-state index contributed by atoms with van der Waals surface area (Å²) in [5.74, 6) is -0.259. The van der Waals surface area contributed by atoms with Crippen molar-refractivity contribution in [1.82, 2.24) is 9.88 Å². The number of likely N-dealkylation sites (N-methyl/N-ethyl adjacent to an activating group) is 1. The third-order valence-corrected chi connectivity index (χ3v) is 3.34. The number of anilines is 1. The number of amides is 1. The second-order valence-corrected chi connectivity index (χ2v) is 5.18. The van der Waals surface area contributed by atoms with Crippen molar-refractivity contribution in [3.63, 3.8) is 0 Å². The van der Waals surface area contributed by atoms with Crippen LogP contribution in [0.15, 0.2) is 5.38 Å². The number of methoxy groups -OCH3 is 1. The van der Waals surface area contributed by atoms with E-state index < -0.39 is 0 Å². The highest BCUT2D eigenvalue weighted by Crippen LogP contribution is 2.17. The Morgan fingerprint density at radius 2 is 2.21 bits per heavy atom. The van der Waals surface area contributed by atoms with Gasteiger partial charge < -0.3 is 15.0 Å². The second-order valence-electron chi connectivity index (χ2n) is 4.32. The number of nitrogens with zero attached hydrogens (tertiary/aromatic N) is 2. The lowest BCUT2D eigenvalue weighted by Gasteiger charge is -2.17. The Kier molecular flexibility index (Phi) is 5.75. The molecule has 106 valence electrons. The van der Waals surface area contributed by atoms with E-state index in [0.29, 0.717) is 18.0 Å². The van der Waals surface area contributed by atoms with Gasteiger partial charge in [0.25, 0.3) is 0 Å². The van der Waals surface area contributed by atoms with Crippen molar-refractivity contribution < 1.29 is 14.3 Å². The van der Waals surface area contributed by atoms with Gasteiger partial charge in [-0.15, -0.1) is 11.3 Å². The minimum Gasteiger partial charge on any atom is -0.469 e. The largest absolute Gasteiger partial charge is 0.469 e. The highest BCUT2D eigenvalue weighted by molar-refractivity contribution is 7.13. The molecule has 1 aromatic heterocycles. The summed E-state index contributed by atoms with van der Waals surface area (Å²) in [6.07, 6.45) is 0.854. The predicted octanol–water partition coefficient (Wildman–Crippen LogP) is 1.14. The standard InChI is InChI=1S/C12H19N3O3S/c1-8(11(17)15(2)3)13-12-14-9(7-19-12)5-6-10(16)18-4/h7-8H,5-6H2,1-4H3,(H,13,14). The Bertz CT molecular complexity index is 445. The Morgan fingerprint density at radius 1 is 1.53 bits per heavy atom. The summed E-state index contributed by atoms with van der Waals surface area (Å²) in [5, 5.41) is 5.60. The molecule has 1 amide bonds. The first-order chi connectivity index (χ1) is 8.93. The maximum absolute atomic E-state index is 11.7. The molecule has 7 heteroatoms. The van der Waals surface area contributed by atoms with Crippen molar-refractivity contribution in [2.45, 2.75) is 25.8 Å². The molecule has 1 heterocycles. The van der Waals surface area contributed by atoms with Crippen LogP contribution in [0, 0.1) is 0 Å². The lowest BCUT2D eigenvalue weighted by molar-refractivity contribution is -0.140. The molecule has 0 saturated heterocycles. The van der Waals surface area contributed by atoms with Crippen LogP contribution in [0.3, 0.4) is 0 Å². The molecule has 0 aliphatic heterocycles. The van der Waals surface area contributed by atoms with Gasteiger partial charge in [-0.05, 0) is 6.92 Å². The maximum atomic E-state index is 11.7. The van der Waals surface area contributed by atoms with E-state index in [2.05, 4.69) is 15.0 Å². The highest BCUT2D eigenvalue weighted by atomic mass is 32.1. The van der Waals surface area contributed by atoms with Crippen LogP contribution in [0.25, 0.3) is 0 Å². The Balaban J connectivity index is 2.51. The van der Waals surface area contributed by atoms with Gasteiger partial charge in [0.05, 0.1) is 19.2 Å². The van der Waals surface area contributed by atoms with Gasteiger partial charge >= 0.3 is 5.97 Å².